The summed E-state index contributed by atoms with van der Waals surface area (Å²) in [6.45, 7) is 21.2. The summed E-state index contributed by atoms with van der Waals surface area (Å²) in [5.41, 5.74) is 10.6. The third-order valence-electron chi connectivity index (χ3n) is 18.3. The molecule has 4 aromatic heterocycles. The molecule has 10 aromatic rings. The fourth-order valence-electron chi connectivity index (χ4n) is 12.9. The van der Waals surface area contributed by atoms with Gasteiger partial charge in [-0.3, -0.25) is 24.6 Å². The van der Waals surface area contributed by atoms with E-state index < -0.39 is 17.7 Å². The molecule has 6 heterocycles. The Morgan fingerprint density at radius 2 is 1.04 bits per heavy atom. The zero-order valence-electron chi connectivity index (χ0n) is 56.9. The van der Waals surface area contributed by atoms with Crippen LogP contribution in [0, 0.1) is 34.3 Å². The minimum atomic E-state index is -0.631. The van der Waals surface area contributed by atoms with E-state index in [1.807, 2.05) is 88.4 Å². The van der Waals surface area contributed by atoms with Crippen LogP contribution in [0.15, 0.2) is 134 Å². The van der Waals surface area contributed by atoms with Crippen LogP contribution in [0.4, 0.5) is 31.5 Å². The summed E-state index contributed by atoms with van der Waals surface area (Å²) in [7, 11) is 2.25. The van der Waals surface area contributed by atoms with Gasteiger partial charge in [0.2, 0.25) is 0 Å². The van der Waals surface area contributed by atoms with Gasteiger partial charge < -0.3 is 15.7 Å². The highest BCUT2D eigenvalue weighted by Crippen LogP contribution is 2.41. The summed E-state index contributed by atoms with van der Waals surface area (Å²) in [4.78, 5) is 26.4. The van der Waals surface area contributed by atoms with Crippen molar-refractivity contribution in [3.63, 3.8) is 0 Å². The molecule has 3 N–H and O–H groups in total. The van der Waals surface area contributed by atoms with Gasteiger partial charge >= 0.3 is 0 Å². The van der Waals surface area contributed by atoms with E-state index in [1.54, 1.807) is 26.0 Å². The summed E-state index contributed by atoms with van der Waals surface area (Å²) in [5.74, 6) is -1.56. The Morgan fingerprint density at radius 1 is 0.633 bits per heavy atom. The average molecular weight is 1420 g/mol. The number of carbonyl (C=O) groups is 1. The standard InChI is InChI=1S/C37H38Cl2FN7O.C37H36Cl2FN7O.CH5P/c2*1-22(48)24-6-5-7-25(17-24)29(34-21-47(45-44-34)28-10-12-46(13-11-28)37(2,3)4)14-23-15-30-35(43-27-8-9-33(40)31(38)18-27)26(19-41)20-42-36(30)32(39)16-23;1-2/h5-9,15-18,20-22,28-29,48H,10-14H2,1-4H3,(H,42,43);5-9,15-18,20-21,28-29H,10-14H2,1-4H3,(H,42,43);2H2,1H3/t22?,29-;29-;/m00./s1/i;;1D. The molecule has 98 heavy (non-hydrogen) atoms. The molecule has 16 nitrogen and oxygen atoms in total. The number of aliphatic hydroxyl groups is 1. The normalized spacial score (nSPS) is 15.2. The van der Waals surface area contributed by atoms with Crippen molar-refractivity contribution in [2.75, 3.05) is 43.5 Å². The number of piperidine rings is 2. The zero-order chi connectivity index (χ0) is 71.0. The zero-order valence-corrected chi connectivity index (χ0v) is 60.1. The third kappa shape index (κ3) is 17.0. The molecule has 2 unspecified atom stereocenters. The summed E-state index contributed by atoms with van der Waals surface area (Å²) in [5, 5.41) is 57.5. The molecule has 2 saturated heterocycles. The second-order valence-electron chi connectivity index (χ2n) is 26.8. The molecule has 2 aliphatic rings. The van der Waals surface area contributed by atoms with Crippen molar-refractivity contribution in [3.05, 3.63) is 222 Å². The Morgan fingerprint density at radius 3 is 1.43 bits per heavy atom. The maximum absolute atomic E-state index is 13.9. The maximum atomic E-state index is 13.9. The van der Waals surface area contributed by atoms with Crippen molar-refractivity contribution in [2.45, 2.75) is 135 Å². The summed E-state index contributed by atoms with van der Waals surface area (Å²) < 4.78 is 38.0. The number of anilines is 4. The predicted molar refractivity (Wildman–Crippen MR) is 392 cm³/mol. The number of ketones is 1. The van der Waals surface area contributed by atoms with Gasteiger partial charge in [-0.1, -0.05) is 106 Å². The number of nitriles is 2. The highest BCUT2D eigenvalue weighted by molar-refractivity contribution is 7.15. The first-order valence-electron chi connectivity index (χ1n) is 33.1. The lowest BCUT2D eigenvalue weighted by atomic mass is 9.87. The number of benzene rings is 6. The second kappa shape index (κ2) is 31.5. The number of nitrogens with one attached hydrogen (secondary N) is 2. The molecular formula is C75H79Cl4F2N14O2P. The van der Waals surface area contributed by atoms with Crippen LogP contribution < -0.4 is 10.6 Å². The number of pyridine rings is 2. The minimum Gasteiger partial charge on any atom is -0.389 e. The molecule has 4 atom stereocenters. The highest BCUT2D eigenvalue weighted by Gasteiger charge is 2.32. The summed E-state index contributed by atoms with van der Waals surface area (Å²) >= 11 is 25.8. The second-order valence-corrected chi connectivity index (χ2v) is 28.5. The number of hydrogen-bond donors (Lipinski definition) is 3. The Balaban J connectivity index is 0.000000206. The van der Waals surface area contributed by atoms with Crippen molar-refractivity contribution in [1.82, 2.24) is 49.8 Å². The van der Waals surface area contributed by atoms with Crippen LogP contribution in [0.3, 0.4) is 0 Å². The number of hydrogen-bond acceptors (Lipinski definition) is 14. The van der Waals surface area contributed by atoms with Gasteiger partial charge in [0.05, 0.1) is 83.2 Å². The molecule has 0 amide bonds. The first kappa shape index (κ1) is 71.3. The van der Waals surface area contributed by atoms with E-state index in [2.05, 4.69) is 115 Å². The molecule has 2 aliphatic heterocycles. The highest BCUT2D eigenvalue weighted by atomic mass is 35.5. The van der Waals surface area contributed by atoms with Crippen molar-refractivity contribution in [3.8, 4) is 12.1 Å². The lowest BCUT2D eigenvalue weighted by molar-refractivity contribution is 0.0864. The number of nitrogens with zero attached hydrogens (tertiary/aromatic N) is 12. The van der Waals surface area contributed by atoms with E-state index in [0.29, 0.717) is 90.8 Å². The molecule has 508 valence electrons. The predicted octanol–water partition coefficient (Wildman–Crippen LogP) is 18.1. The molecular weight excluding hydrogens is 1340 g/mol. The number of aromatic nitrogens is 8. The smallest absolute Gasteiger partial charge is 0.159 e. The van der Waals surface area contributed by atoms with Crippen LogP contribution in [0.25, 0.3) is 21.8 Å². The van der Waals surface area contributed by atoms with E-state index in [9.17, 15) is 29.2 Å². The number of aliphatic hydroxyl groups excluding tert-OH is 1. The number of fused-ring (bicyclic) bond motifs is 2. The van der Waals surface area contributed by atoms with Gasteiger partial charge in [-0.05, 0) is 188 Å². The number of likely N-dealkylation sites (tertiary alicyclic amines) is 2. The molecule has 0 saturated carbocycles. The quantitative estimate of drug-likeness (QED) is 0.0609. The van der Waals surface area contributed by atoms with Gasteiger partial charge in [0.25, 0.3) is 0 Å². The molecule has 0 spiro atoms. The first-order chi connectivity index (χ1) is 47.2. The third-order valence-corrected chi connectivity index (χ3v) is 19.5. The van der Waals surface area contributed by atoms with Crippen molar-refractivity contribution >= 4 is 106 Å². The van der Waals surface area contributed by atoms with Crippen LogP contribution in [0.2, 0.25) is 20.1 Å². The van der Waals surface area contributed by atoms with E-state index in [4.69, 9.17) is 52.9 Å². The van der Waals surface area contributed by atoms with E-state index >= 15 is 0 Å². The maximum Gasteiger partial charge on any atom is 0.159 e. The summed E-state index contributed by atoms with van der Waals surface area (Å²) in [6, 6.07) is 36.7. The molecule has 0 bridgehead atoms. The Kier molecular flexibility index (Phi) is 22.9. The van der Waals surface area contributed by atoms with E-state index in [0.717, 1.165) is 91.1 Å². The van der Waals surface area contributed by atoms with Gasteiger partial charge in [0.15, 0.2) is 5.78 Å². The molecule has 23 heteroatoms. The number of carbonyl (C=O) groups excluding carboxylic acids is 1. The van der Waals surface area contributed by atoms with Crippen LogP contribution in [0.1, 0.15) is 173 Å². The average Bonchev–Trinajstić information content (AvgIpc) is 0.802. The van der Waals surface area contributed by atoms with E-state index in [-0.39, 0.29) is 50.8 Å². The molecule has 12 rings (SSSR count). The van der Waals surface area contributed by atoms with Crippen molar-refractivity contribution < 1.29 is 20.1 Å². The largest absolute Gasteiger partial charge is 0.389 e. The Bertz CT molecular complexity index is 4650. The van der Waals surface area contributed by atoms with Gasteiger partial charge in [-0.15, -0.1) is 19.4 Å². The Labute approximate surface area is 594 Å². The molecule has 2 fully saturated rings. The first-order valence-corrected chi connectivity index (χ1v) is 34.7. The summed E-state index contributed by atoms with van der Waals surface area (Å²) in [6.07, 6.45) is 11.3. The van der Waals surface area contributed by atoms with Crippen LogP contribution in [-0.4, -0.2) is 105 Å². The monoisotopic (exact) mass is 1420 g/mol. The number of halogens is 6. The fraction of sp³-hybridized carbons (Fsp3) is 0.347. The molecule has 0 aliphatic carbocycles. The van der Waals surface area contributed by atoms with Crippen molar-refractivity contribution in [1.29, 1.82) is 10.5 Å². The lowest BCUT2D eigenvalue weighted by Gasteiger charge is -2.40. The van der Waals surface area contributed by atoms with Crippen LogP contribution in [0.5, 0.6) is 0 Å². The lowest BCUT2D eigenvalue weighted by Crippen LogP contribution is -2.46. The number of rotatable bonds is 16. The van der Waals surface area contributed by atoms with Crippen molar-refractivity contribution in [2.24, 2.45) is 0 Å². The van der Waals surface area contributed by atoms with Gasteiger partial charge in [-0.25, -0.2) is 18.1 Å². The van der Waals surface area contributed by atoms with Crippen LogP contribution in [-0.2, 0) is 12.8 Å². The van der Waals surface area contributed by atoms with Gasteiger partial charge in [-0.2, -0.15) is 10.5 Å². The number of Topliss-reactive ketones (excluding diaryl/α,β-unsaturated/α-hetero) is 1. The van der Waals surface area contributed by atoms with Crippen LogP contribution >= 0.6 is 55.6 Å². The minimum absolute atomic E-state index is 0.0228. The fourth-order valence-corrected chi connectivity index (χ4v) is 13.8. The SMILES string of the molecule is CC(=O)c1cccc([C@H](Cc2cc(Cl)c3ncc(C#N)c(Nc4ccc(F)c(Cl)c4)c3c2)c2cn(C3CCN(C(C)(C)C)CC3)nn2)c1.CC(O)c1cccc([C@H](Cc2cc(Cl)c3ncc(C#N)c(Nc4ccc(F)c(Cl)c4)c3c2)c2cn(C3CCN(C(C)(C)C)CC3)nn2)c1.[2H]CP. The molecule has 6 aromatic carbocycles. The Hall–Kier alpha value is -8.00. The van der Waals surface area contributed by atoms with Gasteiger partial charge in [0.1, 0.15) is 23.8 Å². The van der Waals surface area contributed by atoms with E-state index in [1.165, 1.54) is 36.7 Å². The topological polar surface area (TPSA) is 203 Å². The molecule has 0 radical (unpaired) electrons. The van der Waals surface area contributed by atoms with Gasteiger partial charge in [0, 0.05) is 103 Å².